The molecule has 1 saturated carbocycles. The summed E-state index contributed by atoms with van der Waals surface area (Å²) in [5, 5.41) is 3.50. The maximum absolute atomic E-state index is 5.06. The molecule has 0 amide bonds. The fourth-order valence-corrected chi connectivity index (χ4v) is 4.59. The molecule has 1 aromatic carbocycles. The summed E-state index contributed by atoms with van der Waals surface area (Å²) in [5.74, 6) is 2.39. The summed E-state index contributed by atoms with van der Waals surface area (Å²) in [4.78, 5) is 8.73. The van der Waals surface area contributed by atoms with E-state index in [1.165, 1.54) is 61.9 Å². The van der Waals surface area contributed by atoms with E-state index in [1.54, 1.807) is 5.57 Å². The normalized spacial score (nSPS) is 21.5. The van der Waals surface area contributed by atoms with E-state index < -0.39 is 0 Å². The average Bonchev–Trinajstić information content (AvgIpc) is 3.20. The van der Waals surface area contributed by atoms with Crippen molar-refractivity contribution in [3.8, 4) is 0 Å². The first-order valence-electron chi connectivity index (χ1n) is 9.68. The van der Waals surface area contributed by atoms with Gasteiger partial charge in [-0.1, -0.05) is 50.3 Å². The van der Waals surface area contributed by atoms with Gasteiger partial charge in [0, 0.05) is 19.0 Å². The van der Waals surface area contributed by atoms with Crippen molar-refractivity contribution < 1.29 is 0 Å². The number of imidazole rings is 1. The molecular weight excluding hydrogens is 294 g/mol. The summed E-state index contributed by atoms with van der Waals surface area (Å²) in [6.07, 6.45) is 12.1. The molecule has 1 aliphatic carbocycles. The lowest BCUT2D eigenvalue weighted by Gasteiger charge is -2.28. The van der Waals surface area contributed by atoms with E-state index in [9.17, 15) is 0 Å². The van der Waals surface area contributed by atoms with Gasteiger partial charge in [-0.2, -0.15) is 0 Å². The zero-order valence-electron chi connectivity index (χ0n) is 14.8. The Morgan fingerprint density at radius 2 is 1.88 bits per heavy atom. The molecule has 1 unspecified atom stereocenters. The maximum Gasteiger partial charge on any atom is 0.114 e. The lowest BCUT2D eigenvalue weighted by molar-refractivity contribution is 0.337. The molecule has 3 nitrogen and oxygen atoms in total. The van der Waals surface area contributed by atoms with Gasteiger partial charge in [-0.05, 0) is 42.9 Å². The highest BCUT2D eigenvalue weighted by atomic mass is 14.9. The van der Waals surface area contributed by atoms with Gasteiger partial charge in [-0.3, -0.25) is 0 Å². The summed E-state index contributed by atoms with van der Waals surface area (Å²) < 4.78 is 0. The largest absolute Gasteiger partial charge is 0.341 e. The van der Waals surface area contributed by atoms with Crippen LogP contribution in [0.25, 0.3) is 11.0 Å². The number of nitrogens with zero attached hydrogens (tertiary/aromatic N) is 1. The Labute approximate surface area is 144 Å². The molecule has 2 N–H and O–H groups in total. The molecule has 0 saturated heterocycles. The van der Waals surface area contributed by atoms with Crippen molar-refractivity contribution in [1.82, 2.24) is 15.3 Å². The van der Waals surface area contributed by atoms with E-state index in [0.29, 0.717) is 5.92 Å². The van der Waals surface area contributed by atoms with Crippen molar-refractivity contribution in [1.29, 1.82) is 0 Å². The average molecular weight is 323 g/mol. The monoisotopic (exact) mass is 323 g/mol. The van der Waals surface area contributed by atoms with Crippen molar-refractivity contribution in [3.05, 3.63) is 41.2 Å². The summed E-state index contributed by atoms with van der Waals surface area (Å²) >= 11 is 0. The number of rotatable bonds is 3. The highest BCUT2D eigenvalue weighted by Gasteiger charge is 2.30. The number of aromatic amines is 1. The molecule has 0 radical (unpaired) electrons. The summed E-state index contributed by atoms with van der Waals surface area (Å²) in [6.45, 7) is 4.20. The predicted molar refractivity (Wildman–Crippen MR) is 100 cm³/mol. The van der Waals surface area contributed by atoms with Crippen LogP contribution in [0, 0.1) is 12.8 Å². The minimum atomic E-state index is 0.463. The Morgan fingerprint density at radius 1 is 1.08 bits per heavy atom. The molecule has 1 atom stereocenters. The fourth-order valence-electron chi connectivity index (χ4n) is 4.59. The first kappa shape index (κ1) is 15.9. The van der Waals surface area contributed by atoms with Crippen LogP contribution in [-0.2, 0) is 0 Å². The van der Waals surface area contributed by atoms with Gasteiger partial charge in [0.1, 0.15) is 5.82 Å². The van der Waals surface area contributed by atoms with E-state index in [4.69, 9.17) is 4.98 Å². The molecule has 2 aromatic rings. The standard InChI is InChI=1S/C21H29N3/c1-15-8-7-11-18-20(15)24-21(23-18)19(17-12-13-22-14-17)16-9-5-3-2-4-6-10-16/h7-8,11-12,16,19,22H,2-6,9-10,13-14H2,1H3,(H,23,24). The quantitative estimate of drug-likeness (QED) is 0.793. The Bertz CT molecular complexity index is 720. The van der Waals surface area contributed by atoms with E-state index in [-0.39, 0.29) is 0 Å². The van der Waals surface area contributed by atoms with Crippen molar-refractivity contribution in [3.63, 3.8) is 0 Å². The fraction of sp³-hybridized carbons (Fsp3) is 0.571. The number of H-pyrrole nitrogens is 1. The topological polar surface area (TPSA) is 40.7 Å². The minimum absolute atomic E-state index is 0.463. The molecule has 4 rings (SSSR count). The van der Waals surface area contributed by atoms with Crippen LogP contribution in [0.2, 0.25) is 0 Å². The van der Waals surface area contributed by atoms with Crippen LogP contribution >= 0.6 is 0 Å². The third-order valence-corrected chi connectivity index (χ3v) is 5.89. The summed E-state index contributed by atoms with van der Waals surface area (Å²) in [6, 6.07) is 6.45. The SMILES string of the molecule is Cc1cccc2[nH]c(C(C3=CCNC3)C3CCCCCCC3)nc12. The second-order valence-electron chi connectivity index (χ2n) is 7.59. The molecular formula is C21H29N3. The Hall–Kier alpha value is -1.61. The van der Waals surface area contributed by atoms with Crippen molar-refractivity contribution in [2.45, 2.75) is 57.8 Å². The van der Waals surface area contributed by atoms with E-state index in [0.717, 1.165) is 24.5 Å². The van der Waals surface area contributed by atoms with E-state index >= 15 is 0 Å². The molecule has 128 valence electrons. The van der Waals surface area contributed by atoms with Gasteiger partial charge in [-0.15, -0.1) is 0 Å². The summed E-state index contributed by atoms with van der Waals surface area (Å²) in [5.41, 5.74) is 5.16. The Kier molecular flexibility index (Phi) is 4.70. The smallest absolute Gasteiger partial charge is 0.114 e. The second-order valence-corrected chi connectivity index (χ2v) is 7.59. The lowest BCUT2D eigenvalue weighted by atomic mass is 9.77. The van der Waals surface area contributed by atoms with Crippen LogP contribution in [-0.4, -0.2) is 23.1 Å². The third kappa shape index (κ3) is 3.14. The predicted octanol–water partition coefficient (Wildman–Crippen LogP) is 4.85. The van der Waals surface area contributed by atoms with Crippen LogP contribution in [0.3, 0.4) is 0 Å². The molecule has 1 aromatic heterocycles. The molecule has 2 aliphatic rings. The minimum Gasteiger partial charge on any atom is -0.341 e. The van der Waals surface area contributed by atoms with Crippen molar-refractivity contribution in [2.75, 3.05) is 13.1 Å². The van der Waals surface area contributed by atoms with Gasteiger partial charge in [0.05, 0.1) is 11.0 Å². The number of para-hydroxylation sites is 1. The number of aromatic nitrogens is 2. The molecule has 3 heteroatoms. The van der Waals surface area contributed by atoms with Crippen LogP contribution < -0.4 is 5.32 Å². The molecule has 0 spiro atoms. The van der Waals surface area contributed by atoms with Crippen molar-refractivity contribution >= 4 is 11.0 Å². The number of fused-ring (bicyclic) bond motifs is 1. The Morgan fingerprint density at radius 3 is 2.58 bits per heavy atom. The van der Waals surface area contributed by atoms with Gasteiger partial charge < -0.3 is 10.3 Å². The first-order chi connectivity index (χ1) is 11.8. The molecule has 0 bridgehead atoms. The van der Waals surface area contributed by atoms with Crippen LogP contribution in [0.5, 0.6) is 0 Å². The van der Waals surface area contributed by atoms with Gasteiger partial charge in [-0.25, -0.2) is 4.98 Å². The maximum atomic E-state index is 5.06. The van der Waals surface area contributed by atoms with E-state index in [2.05, 4.69) is 41.5 Å². The third-order valence-electron chi connectivity index (χ3n) is 5.89. The van der Waals surface area contributed by atoms with Crippen molar-refractivity contribution in [2.24, 2.45) is 5.92 Å². The van der Waals surface area contributed by atoms with Gasteiger partial charge in [0.2, 0.25) is 0 Å². The molecule has 1 aliphatic heterocycles. The second kappa shape index (κ2) is 7.10. The zero-order valence-corrected chi connectivity index (χ0v) is 14.8. The Balaban J connectivity index is 1.72. The zero-order chi connectivity index (χ0) is 16.4. The molecule has 2 heterocycles. The van der Waals surface area contributed by atoms with Gasteiger partial charge in [0.15, 0.2) is 0 Å². The number of benzene rings is 1. The summed E-state index contributed by atoms with van der Waals surface area (Å²) in [7, 11) is 0. The number of hydrogen-bond donors (Lipinski definition) is 2. The van der Waals surface area contributed by atoms with Crippen LogP contribution in [0.1, 0.15) is 62.3 Å². The number of nitrogens with one attached hydrogen (secondary N) is 2. The molecule has 24 heavy (non-hydrogen) atoms. The number of aryl methyl sites for hydroxylation is 1. The highest BCUT2D eigenvalue weighted by Crippen LogP contribution is 2.39. The first-order valence-corrected chi connectivity index (χ1v) is 9.68. The van der Waals surface area contributed by atoms with Gasteiger partial charge >= 0.3 is 0 Å². The number of hydrogen-bond acceptors (Lipinski definition) is 2. The molecule has 1 fully saturated rings. The van der Waals surface area contributed by atoms with Crippen LogP contribution in [0.4, 0.5) is 0 Å². The van der Waals surface area contributed by atoms with Gasteiger partial charge in [0.25, 0.3) is 0 Å². The van der Waals surface area contributed by atoms with Crippen LogP contribution in [0.15, 0.2) is 29.8 Å². The highest BCUT2D eigenvalue weighted by molar-refractivity contribution is 5.78. The lowest BCUT2D eigenvalue weighted by Crippen LogP contribution is -2.21. The van der Waals surface area contributed by atoms with E-state index in [1.807, 2.05) is 0 Å².